The van der Waals surface area contributed by atoms with Gasteiger partial charge in [0.25, 0.3) is 0 Å². The number of rotatable bonds is 7. The van der Waals surface area contributed by atoms with Crippen molar-refractivity contribution in [2.45, 2.75) is 32.9 Å². The highest BCUT2D eigenvalue weighted by Gasteiger charge is 2.11. The van der Waals surface area contributed by atoms with Crippen LogP contribution in [-0.2, 0) is 0 Å². The van der Waals surface area contributed by atoms with Crippen LogP contribution in [0.25, 0.3) is 0 Å². The van der Waals surface area contributed by atoms with Crippen LogP contribution in [0.5, 0.6) is 0 Å². The molecule has 0 aliphatic carbocycles. The third-order valence-electron chi connectivity index (χ3n) is 2.10. The maximum absolute atomic E-state index is 9.63. The highest BCUT2D eigenvalue weighted by Crippen LogP contribution is 1.98. The molecule has 1 unspecified atom stereocenters. The predicted octanol–water partition coefficient (Wildman–Crippen LogP) is 0.988. The largest absolute Gasteiger partial charge is 0.377 e. The first-order valence-corrected chi connectivity index (χ1v) is 5.18. The van der Waals surface area contributed by atoms with Gasteiger partial charge in [0.2, 0.25) is 0 Å². The summed E-state index contributed by atoms with van der Waals surface area (Å²) in [5.74, 6) is 0. The second-order valence-electron chi connectivity index (χ2n) is 3.74. The Morgan fingerprint density at radius 2 is 1.54 bits per heavy atom. The average molecular weight is 188 g/mol. The Labute approximate surface area is 82.3 Å². The van der Waals surface area contributed by atoms with Gasteiger partial charge in [-0.05, 0) is 40.0 Å². The molecule has 0 heterocycles. The Morgan fingerprint density at radius 1 is 1.08 bits per heavy atom. The van der Waals surface area contributed by atoms with Crippen molar-refractivity contribution in [1.29, 1.82) is 0 Å². The topological polar surface area (TPSA) is 26.7 Å². The van der Waals surface area contributed by atoms with E-state index in [-0.39, 0.29) is 6.23 Å². The first-order chi connectivity index (χ1) is 6.11. The lowest BCUT2D eigenvalue weighted by Crippen LogP contribution is -2.40. The van der Waals surface area contributed by atoms with Gasteiger partial charge in [0.1, 0.15) is 6.23 Å². The zero-order valence-electron chi connectivity index (χ0n) is 9.45. The van der Waals surface area contributed by atoms with Gasteiger partial charge in [0.15, 0.2) is 0 Å². The fourth-order valence-electron chi connectivity index (χ4n) is 1.32. The van der Waals surface area contributed by atoms with E-state index in [1.165, 1.54) is 0 Å². The molecule has 0 saturated heterocycles. The molecule has 0 aliphatic rings. The molecule has 0 fully saturated rings. The Hall–Kier alpha value is -0.120. The van der Waals surface area contributed by atoms with Crippen molar-refractivity contribution in [3.63, 3.8) is 0 Å². The van der Waals surface area contributed by atoms with Crippen LogP contribution in [0.1, 0.15) is 26.7 Å². The molecule has 1 N–H and O–H groups in total. The second kappa shape index (κ2) is 7.30. The molecule has 1 atom stereocenters. The van der Waals surface area contributed by atoms with Crippen LogP contribution in [0.3, 0.4) is 0 Å². The van der Waals surface area contributed by atoms with E-state index in [0.29, 0.717) is 0 Å². The van der Waals surface area contributed by atoms with Gasteiger partial charge in [0.05, 0.1) is 0 Å². The number of nitrogens with zero attached hydrogens (tertiary/aromatic N) is 2. The third-order valence-corrected chi connectivity index (χ3v) is 2.10. The molecule has 0 aromatic rings. The fourth-order valence-corrected chi connectivity index (χ4v) is 1.32. The standard InChI is InChI=1S/C10H24N2O/c1-5-7-12(8-6-2)9-10(13)11(3)4/h10,13H,5-9H2,1-4H3. The Kier molecular flexibility index (Phi) is 7.23. The smallest absolute Gasteiger partial charge is 0.119 e. The maximum atomic E-state index is 9.63. The summed E-state index contributed by atoms with van der Waals surface area (Å²) in [6.45, 7) is 7.27. The van der Waals surface area contributed by atoms with Crippen LogP contribution in [0.2, 0.25) is 0 Å². The number of aliphatic hydroxyl groups excluding tert-OH is 1. The van der Waals surface area contributed by atoms with Gasteiger partial charge in [0, 0.05) is 6.54 Å². The van der Waals surface area contributed by atoms with E-state index in [1.807, 2.05) is 19.0 Å². The molecule has 0 aliphatic heterocycles. The Bertz CT molecular complexity index is 111. The molecular formula is C10H24N2O. The second-order valence-corrected chi connectivity index (χ2v) is 3.74. The SMILES string of the molecule is CCCN(CCC)CC(O)N(C)C. The molecule has 3 nitrogen and oxygen atoms in total. The lowest BCUT2D eigenvalue weighted by Gasteiger charge is -2.27. The zero-order valence-corrected chi connectivity index (χ0v) is 9.45. The Balaban J connectivity index is 3.78. The summed E-state index contributed by atoms with van der Waals surface area (Å²) < 4.78 is 0. The molecule has 0 spiro atoms. The summed E-state index contributed by atoms with van der Waals surface area (Å²) in [6.07, 6.45) is 1.97. The summed E-state index contributed by atoms with van der Waals surface area (Å²) in [4.78, 5) is 4.16. The minimum Gasteiger partial charge on any atom is -0.377 e. The lowest BCUT2D eigenvalue weighted by molar-refractivity contribution is 0.00873. The molecule has 0 radical (unpaired) electrons. The molecule has 3 heteroatoms. The summed E-state index contributed by atoms with van der Waals surface area (Å²) in [7, 11) is 3.81. The fraction of sp³-hybridized carbons (Fsp3) is 1.00. The number of hydrogen-bond acceptors (Lipinski definition) is 3. The quantitative estimate of drug-likeness (QED) is 0.604. The van der Waals surface area contributed by atoms with Gasteiger partial charge in [-0.1, -0.05) is 13.8 Å². The first kappa shape index (κ1) is 12.9. The molecule has 0 amide bonds. The van der Waals surface area contributed by atoms with Crippen LogP contribution in [0.4, 0.5) is 0 Å². The van der Waals surface area contributed by atoms with Crippen LogP contribution in [0, 0.1) is 0 Å². The number of likely N-dealkylation sites (N-methyl/N-ethyl adjacent to an activating group) is 1. The van der Waals surface area contributed by atoms with E-state index in [4.69, 9.17) is 0 Å². The van der Waals surface area contributed by atoms with E-state index in [2.05, 4.69) is 18.7 Å². The van der Waals surface area contributed by atoms with E-state index >= 15 is 0 Å². The number of hydrogen-bond donors (Lipinski definition) is 1. The van der Waals surface area contributed by atoms with Crippen LogP contribution in [0.15, 0.2) is 0 Å². The average Bonchev–Trinajstić information content (AvgIpc) is 2.05. The summed E-state index contributed by atoms with van der Waals surface area (Å²) in [5.41, 5.74) is 0. The monoisotopic (exact) mass is 188 g/mol. The van der Waals surface area contributed by atoms with E-state index in [1.54, 1.807) is 0 Å². The van der Waals surface area contributed by atoms with Gasteiger partial charge < -0.3 is 5.11 Å². The van der Waals surface area contributed by atoms with Crippen molar-refractivity contribution < 1.29 is 5.11 Å². The van der Waals surface area contributed by atoms with Gasteiger partial charge >= 0.3 is 0 Å². The molecule has 80 valence electrons. The van der Waals surface area contributed by atoms with Crippen molar-refractivity contribution in [2.24, 2.45) is 0 Å². The highest BCUT2D eigenvalue weighted by molar-refractivity contribution is 4.61. The summed E-state index contributed by atoms with van der Waals surface area (Å²) in [5, 5.41) is 9.63. The normalized spacial score (nSPS) is 14.1. The van der Waals surface area contributed by atoms with E-state index in [0.717, 1.165) is 32.5 Å². The van der Waals surface area contributed by atoms with Gasteiger partial charge in [-0.2, -0.15) is 0 Å². The van der Waals surface area contributed by atoms with Crippen LogP contribution < -0.4 is 0 Å². The first-order valence-electron chi connectivity index (χ1n) is 5.18. The molecule has 0 aromatic carbocycles. The van der Waals surface area contributed by atoms with Crippen molar-refractivity contribution in [3.05, 3.63) is 0 Å². The van der Waals surface area contributed by atoms with Crippen molar-refractivity contribution in [2.75, 3.05) is 33.7 Å². The van der Waals surface area contributed by atoms with Gasteiger partial charge in [-0.25, -0.2) is 0 Å². The van der Waals surface area contributed by atoms with Crippen LogP contribution in [-0.4, -0.2) is 54.9 Å². The van der Waals surface area contributed by atoms with Crippen molar-refractivity contribution in [1.82, 2.24) is 9.80 Å². The zero-order chi connectivity index (χ0) is 10.3. The molecule has 0 bridgehead atoms. The van der Waals surface area contributed by atoms with Gasteiger partial charge in [-0.3, -0.25) is 9.80 Å². The minimum atomic E-state index is -0.335. The predicted molar refractivity (Wildman–Crippen MR) is 56.7 cm³/mol. The van der Waals surface area contributed by atoms with E-state index < -0.39 is 0 Å². The van der Waals surface area contributed by atoms with Gasteiger partial charge in [-0.15, -0.1) is 0 Å². The minimum absolute atomic E-state index is 0.335. The Morgan fingerprint density at radius 3 is 1.85 bits per heavy atom. The van der Waals surface area contributed by atoms with E-state index in [9.17, 15) is 5.11 Å². The number of aliphatic hydroxyl groups is 1. The molecular weight excluding hydrogens is 164 g/mol. The summed E-state index contributed by atoms with van der Waals surface area (Å²) in [6, 6.07) is 0. The van der Waals surface area contributed by atoms with Crippen molar-refractivity contribution in [3.8, 4) is 0 Å². The molecule has 0 rings (SSSR count). The molecule has 13 heavy (non-hydrogen) atoms. The molecule has 0 aromatic heterocycles. The maximum Gasteiger partial charge on any atom is 0.119 e. The summed E-state index contributed by atoms with van der Waals surface area (Å²) >= 11 is 0. The van der Waals surface area contributed by atoms with Crippen LogP contribution >= 0.6 is 0 Å². The van der Waals surface area contributed by atoms with Crippen molar-refractivity contribution >= 4 is 0 Å². The third kappa shape index (κ3) is 6.02. The highest BCUT2D eigenvalue weighted by atomic mass is 16.3. The lowest BCUT2D eigenvalue weighted by atomic mass is 10.3. The molecule has 0 saturated carbocycles.